The number of amides is 1. The number of hydrogen-bond donors (Lipinski definition) is 2. The highest BCUT2D eigenvalue weighted by molar-refractivity contribution is 5.85. The number of halogens is 1. The van der Waals surface area contributed by atoms with Crippen molar-refractivity contribution in [3.63, 3.8) is 0 Å². The Balaban J connectivity index is 1.52. The van der Waals surface area contributed by atoms with Gasteiger partial charge in [-0.1, -0.05) is 0 Å². The van der Waals surface area contributed by atoms with E-state index in [1.807, 2.05) is 6.92 Å². The molecule has 9 nitrogen and oxygen atoms in total. The van der Waals surface area contributed by atoms with Crippen LogP contribution < -0.4 is 15.5 Å². The monoisotopic (exact) mass is 400 g/mol. The van der Waals surface area contributed by atoms with E-state index >= 15 is 0 Å². The molecule has 2 N–H and O–H groups in total. The lowest BCUT2D eigenvalue weighted by molar-refractivity contribution is -0.387. The van der Waals surface area contributed by atoms with Crippen molar-refractivity contribution < 1.29 is 14.1 Å². The number of carbonyl (C=O) groups is 1. The maximum absolute atomic E-state index is 13.5. The van der Waals surface area contributed by atoms with Gasteiger partial charge in [-0.15, -0.1) is 0 Å². The van der Waals surface area contributed by atoms with E-state index in [4.69, 9.17) is 0 Å². The van der Waals surface area contributed by atoms with Gasteiger partial charge in [0.15, 0.2) is 0 Å². The van der Waals surface area contributed by atoms with Gasteiger partial charge in [0.2, 0.25) is 17.7 Å². The summed E-state index contributed by atoms with van der Waals surface area (Å²) in [5, 5.41) is 16.8. The number of aryl methyl sites for hydroxylation is 1. The lowest BCUT2D eigenvalue weighted by atomic mass is 9.77. The second kappa shape index (κ2) is 7.26. The van der Waals surface area contributed by atoms with Gasteiger partial charge in [0.1, 0.15) is 5.82 Å². The normalized spacial score (nSPS) is 18.0. The zero-order valence-electron chi connectivity index (χ0n) is 15.9. The molecule has 0 bridgehead atoms. The Morgan fingerprint density at radius 2 is 2.07 bits per heavy atom. The average Bonchev–Trinajstić information content (AvgIpc) is 3.05. The Labute approximate surface area is 166 Å². The lowest BCUT2D eigenvalue weighted by Gasteiger charge is -2.38. The molecule has 2 fully saturated rings. The number of nitrogens with zero attached hydrogens (tertiary/aromatic N) is 4. The summed E-state index contributed by atoms with van der Waals surface area (Å²) in [4.78, 5) is 33.3. The molecule has 2 saturated heterocycles. The fourth-order valence-corrected chi connectivity index (χ4v) is 4.01. The van der Waals surface area contributed by atoms with Crippen LogP contribution in [0.2, 0.25) is 0 Å². The lowest BCUT2D eigenvalue weighted by Crippen LogP contribution is -2.44. The number of nitrogens with one attached hydrogen (secondary N) is 2. The molecule has 1 amide bonds. The molecule has 0 unspecified atom stereocenters. The van der Waals surface area contributed by atoms with Gasteiger partial charge in [-0.2, -0.15) is 9.37 Å². The van der Waals surface area contributed by atoms with Gasteiger partial charge >= 0.3 is 5.69 Å². The first-order valence-corrected chi connectivity index (χ1v) is 9.46. The number of nitro groups is 1. The molecule has 1 aromatic heterocycles. The number of benzene rings is 1. The van der Waals surface area contributed by atoms with Gasteiger partial charge in [-0.3, -0.25) is 14.9 Å². The predicted molar refractivity (Wildman–Crippen MR) is 105 cm³/mol. The molecule has 152 valence electrons. The van der Waals surface area contributed by atoms with E-state index in [2.05, 4.69) is 25.5 Å². The summed E-state index contributed by atoms with van der Waals surface area (Å²) < 4.78 is 13.5. The van der Waals surface area contributed by atoms with Gasteiger partial charge in [0.25, 0.3) is 0 Å². The Hall–Kier alpha value is -3.30. The maximum atomic E-state index is 13.5. The van der Waals surface area contributed by atoms with Crippen molar-refractivity contribution >= 4 is 29.0 Å². The van der Waals surface area contributed by atoms with Crippen LogP contribution in [0.5, 0.6) is 0 Å². The molecule has 0 saturated carbocycles. The summed E-state index contributed by atoms with van der Waals surface area (Å²) in [6, 6.07) is 3.54. The Kier molecular flexibility index (Phi) is 4.77. The van der Waals surface area contributed by atoms with E-state index in [-0.39, 0.29) is 17.3 Å². The number of anilines is 3. The number of nitro benzene ring substituents is 1. The predicted octanol–water partition coefficient (Wildman–Crippen LogP) is 2.68. The van der Waals surface area contributed by atoms with Gasteiger partial charge in [0, 0.05) is 43.1 Å². The topological polar surface area (TPSA) is 113 Å². The van der Waals surface area contributed by atoms with Crippen LogP contribution in [0.4, 0.5) is 27.5 Å². The molecular formula is C19H21FN6O3. The third-order valence-corrected chi connectivity index (χ3v) is 5.73. The first-order valence-electron chi connectivity index (χ1n) is 9.46. The molecular weight excluding hydrogens is 379 g/mol. The Morgan fingerprint density at radius 1 is 1.31 bits per heavy atom. The molecule has 2 aliphatic rings. The second-order valence-corrected chi connectivity index (χ2v) is 7.52. The number of carbonyl (C=O) groups excluding carboxylic acids is 1. The molecule has 0 radical (unpaired) electrons. The van der Waals surface area contributed by atoms with E-state index in [9.17, 15) is 19.3 Å². The largest absolute Gasteiger partial charge is 0.356 e. The second-order valence-electron chi connectivity index (χ2n) is 7.52. The minimum Gasteiger partial charge on any atom is -0.356 e. The Morgan fingerprint density at radius 3 is 2.72 bits per heavy atom. The van der Waals surface area contributed by atoms with Gasteiger partial charge in [-0.05, 0) is 38.3 Å². The highest BCUT2D eigenvalue weighted by atomic mass is 19.1. The molecule has 10 heteroatoms. The van der Waals surface area contributed by atoms with Crippen LogP contribution >= 0.6 is 0 Å². The maximum Gasteiger partial charge on any atom is 0.306 e. The van der Waals surface area contributed by atoms with E-state index in [1.54, 1.807) is 6.20 Å². The van der Waals surface area contributed by atoms with Gasteiger partial charge < -0.3 is 15.5 Å². The standard InChI is InChI=1S/C19H21FN6O3/c1-12-11-22-18(23-13-2-3-14(20)15(10-13)26(28)29)24-16(12)25-8-5-19(6-9-25)4-7-21-17(19)27/h2-3,10-11H,4-9H2,1H3,(H,21,27)(H,22,23,24). The fourth-order valence-electron chi connectivity index (χ4n) is 4.01. The van der Waals surface area contributed by atoms with Crippen molar-refractivity contribution in [2.75, 3.05) is 29.9 Å². The van der Waals surface area contributed by atoms with E-state index < -0.39 is 16.4 Å². The summed E-state index contributed by atoms with van der Waals surface area (Å²) in [5.41, 5.74) is 0.352. The summed E-state index contributed by atoms with van der Waals surface area (Å²) >= 11 is 0. The van der Waals surface area contributed by atoms with Crippen molar-refractivity contribution in [2.24, 2.45) is 5.41 Å². The summed E-state index contributed by atoms with van der Waals surface area (Å²) in [6.45, 7) is 4.08. The number of hydrogen-bond acceptors (Lipinski definition) is 7. The number of piperidine rings is 1. The molecule has 1 aromatic carbocycles. The first-order chi connectivity index (χ1) is 13.9. The van der Waals surface area contributed by atoms with Crippen molar-refractivity contribution in [3.05, 3.63) is 45.9 Å². The first kappa shape index (κ1) is 19.0. The zero-order valence-corrected chi connectivity index (χ0v) is 15.9. The van der Waals surface area contributed by atoms with E-state index in [1.165, 1.54) is 6.07 Å². The van der Waals surface area contributed by atoms with E-state index in [0.29, 0.717) is 18.8 Å². The average molecular weight is 400 g/mol. The number of aromatic nitrogens is 2. The molecule has 0 aliphatic carbocycles. The van der Waals surface area contributed by atoms with Gasteiger partial charge in [0.05, 0.1) is 10.3 Å². The minimum absolute atomic E-state index is 0.150. The minimum atomic E-state index is -0.899. The van der Waals surface area contributed by atoms with Crippen LogP contribution in [-0.4, -0.2) is 40.4 Å². The molecule has 29 heavy (non-hydrogen) atoms. The van der Waals surface area contributed by atoms with Crippen molar-refractivity contribution in [1.29, 1.82) is 0 Å². The molecule has 3 heterocycles. The summed E-state index contributed by atoms with van der Waals surface area (Å²) in [7, 11) is 0. The van der Waals surface area contributed by atoms with Crippen molar-refractivity contribution in [1.82, 2.24) is 15.3 Å². The van der Waals surface area contributed by atoms with Crippen LogP contribution in [-0.2, 0) is 4.79 Å². The molecule has 2 aromatic rings. The quantitative estimate of drug-likeness (QED) is 0.599. The smallest absolute Gasteiger partial charge is 0.306 e. The number of rotatable bonds is 4. The third-order valence-electron chi connectivity index (χ3n) is 5.73. The highest BCUT2D eigenvalue weighted by Gasteiger charge is 2.44. The van der Waals surface area contributed by atoms with Crippen LogP contribution in [0.15, 0.2) is 24.4 Å². The van der Waals surface area contributed by atoms with Crippen LogP contribution in [0.3, 0.4) is 0 Å². The van der Waals surface area contributed by atoms with Crippen LogP contribution in [0.1, 0.15) is 24.8 Å². The molecule has 0 atom stereocenters. The molecule has 1 spiro atoms. The Bertz CT molecular complexity index is 974. The summed E-state index contributed by atoms with van der Waals surface area (Å²) in [6.07, 6.45) is 4.10. The summed E-state index contributed by atoms with van der Waals surface area (Å²) in [5.74, 6) is 0.277. The highest BCUT2D eigenvalue weighted by Crippen LogP contribution is 2.39. The third kappa shape index (κ3) is 3.57. The van der Waals surface area contributed by atoms with Gasteiger partial charge in [-0.25, -0.2) is 4.98 Å². The molecule has 2 aliphatic heterocycles. The van der Waals surface area contributed by atoms with E-state index in [0.717, 1.165) is 49.3 Å². The molecule has 4 rings (SSSR count). The zero-order chi connectivity index (χ0) is 20.6. The van der Waals surface area contributed by atoms with Crippen molar-refractivity contribution in [2.45, 2.75) is 26.2 Å². The SMILES string of the molecule is Cc1cnc(Nc2ccc(F)c([N+](=O)[O-])c2)nc1N1CCC2(CCNC2=O)CC1. The van der Waals surface area contributed by atoms with Crippen molar-refractivity contribution in [3.8, 4) is 0 Å². The van der Waals surface area contributed by atoms with Crippen LogP contribution in [0, 0.1) is 28.3 Å². The fraction of sp³-hybridized carbons (Fsp3) is 0.421. The van der Waals surface area contributed by atoms with Crippen LogP contribution in [0.25, 0.3) is 0 Å².